The topological polar surface area (TPSA) is 80.1 Å². The highest BCUT2D eigenvalue weighted by molar-refractivity contribution is 9.10. The van der Waals surface area contributed by atoms with Gasteiger partial charge in [0.25, 0.3) is 11.8 Å². The van der Waals surface area contributed by atoms with Crippen LogP contribution < -0.4 is 5.32 Å². The number of aryl methyl sites for hydroxylation is 1. The van der Waals surface area contributed by atoms with E-state index in [0.717, 1.165) is 10.0 Å². The van der Waals surface area contributed by atoms with E-state index in [-0.39, 0.29) is 11.8 Å². The van der Waals surface area contributed by atoms with Crippen LogP contribution >= 0.6 is 15.9 Å². The molecule has 0 unspecified atom stereocenters. The molecule has 1 N–H and O–H groups in total. The molecule has 0 saturated heterocycles. The van der Waals surface area contributed by atoms with E-state index in [1.807, 2.05) is 24.3 Å². The summed E-state index contributed by atoms with van der Waals surface area (Å²) < 4.78 is 2.72. The van der Waals surface area contributed by atoms with Crippen LogP contribution in [-0.2, 0) is 6.54 Å². The van der Waals surface area contributed by atoms with Crippen molar-refractivity contribution in [2.24, 2.45) is 0 Å². The van der Waals surface area contributed by atoms with Gasteiger partial charge < -0.3 is 10.2 Å². The van der Waals surface area contributed by atoms with E-state index < -0.39 is 0 Å². The molecule has 28 heavy (non-hydrogen) atoms. The molecule has 0 bridgehead atoms. The Morgan fingerprint density at radius 3 is 2.46 bits per heavy atom. The minimum Gasteiger partial charge on any atom is -0.343 e. The Kier molecular flexibility index (Phi) is 5.89. The average Bonchev–Trinajstić information content (AvgIpc) is 3.09. The number of rotatable bonds is 5. The Morgan fingerprint density at radius 1 is 1.11 bits per heavy atom. The third-order valence-corrected chi connectivity index (χ3v) is 4.69. The Bertz CT molecular complexity index is 1010. The molecule has 2 aromatic heterocycles. The quantitative estimate of drug-likeness (QED) is 0.658. The number of amides is 2. The minimum absolute atomic E-state index is 0.206. The Balaban J connectivity index is 1.76. The molecule has 0 aliphatic carbocycles. The first-order valence-electron chi connectivity index (χ1n) is 8.62. The summed E-state index contributed by atoms with van der Waals surface area (Å²) in [6.07, 6.45) is 1.64. The van der Waals surface area contributed by atoms with Crippen molar-refractivity contribution < 1.29 is 9.59 Å². The number of pyridine rings is 1. The number of hydrogen-bond donors (Lipinski definition) is 1. The molecule has 0 fully saturated rings. The van der Waals surface area contributed by atoms with Crippen molar-refractivity contribution in [1.29, 1.82) is 0 Å². The summed E-state index contributed by atoms with van der Waals surface area (Å²) in [5, 5.41) is 7.15. The van der Waals surface area contributed by atoms with Gasteiger partial charge in [-0.15, -0.1) is 0 Å². The lowest BCUT2D eigenvalue weighted by Gasteiger charge is -2.12. The smallest absolute Gasteiger partial charge is 0.271 e. The highest BCUT2D eigenvalue weighted by atomic mass is 79.9. The fourth-order valence-corrected chi connectivity index (χ4v) is 2.92. The van der Waals surface area contributed by atoms with E-state index in [9.17, 15) is 9.59 Å². The zero-order chi connectivity index (χ0) is 20.3. The van der Waals surface area contributed by atoms with Gasteiger partial charge in [0.2, 0.25) is 0 Å². The van der Waals surface area contributed by atoms with Crippen LogP contribution in [0.3, 0.4) is 0 Å². The fraction of sp³-hybridized carbons (Fsp3) is 0.200. The highest BCUT2D eigenvalue weighted by Gasteiger charge is 2.16. The third-order valence-electron chi connectivity index (χ3n) is 4.16. The fourth-order valence-electron chi connectivity index (χ4n) is 2.66. The molecule has 3 rings (SSSR count). The van der Waals surface area contributed by atoms with E-state index in [1.165, 1.54) is 4.90 Å². The zero-order valence-electron chi connectivity index (χ0n) is 15.8. The summed E-state index contributed by atoms with van der Waals surface area (Å²) in [5.74, 6) is 0.0785. The molecule has 1 aromatic carbocycles. The van der Waals surface area contributed by atoms with Crippen LogP contribution in [0, 0.1) is 6.92 Å². The molecule has 0 aliphatic rings. The summed E-state index contributed by atoms with van der Waals surface area (Å²) in [6.45, 7) is 2.24. The minimum atomic E-state index is -0.300. The first-order chi connectivity index (χ1) is 13.3. The van der Waals surface area contributed by atoms with E-state index in [4.69, 9.17) is 0 Å². The average molecular weight is 442 g/mol. The Hall–Kier alpha value is -3.00. The van der Waals surface area contributed by atoms with Crippen molar-refractivity contribution in [3.8, 4) is 0 Å². The number of carbonyl (C=O) groups excluding carboxylic acids is 2. The van der Waals surface area contributed by atoms with Crippen molar-refractivity contribution >= 4 is 33.6 Å². The molecule has 2 heterocycles. The van der Waals surface area contributed by atoms with Crippen LogP contribution in [-0.4, -0.2) is 45.6 Å². The molecule has 0 spiro atoms. The van der Waals surface area contributed by atoms with Crippen molar-refractivity contribution in [3.05, 3.63) is 75.6 Å². The third kappa shape index (κ3) is 4.45. The largest absolute Gasteiger partial charge is 0.343 e. The monoisotopic (exact) mass is 441 g/mol. The Morgan fingerprint density at radius 2 is 1.82 bits per heavy atom. The molecular weight excluding hydrogens is 422 g/mol. The van der Waals surface area contributed by atoms with E-state index in [2.05, 4.69) is 31.3 Å². The maximum Gasteiger partial charge on any atom is 0.271 e. The second-order valence-corrected chi connectivity index (χ2v) is 7.40. The van der Waals surface area contributed by atoms with Gasteiger partial charge in [0.1, 0.15) is 11.5 Å². The van der Waals surface area contributed by atoms with E-state index in [0.29, 0.717) is 29.3 Å². The van der Waals surface area contributed by atoms with Gasteiger partial charge in [0.15, 0.2) is 0 Å². The van der Waals surface area contributed by atoms with Crippen LogP contribution in [0.5, 0.6) is 0 Å². The van der Waals surface area contributed by atoms with E-state index >= 15 is 0 Å². The van der Waals surface area contributed by atoms with Crippen molar-refractivity contribution in [2.75, 3.05) is 19.4 Å². The number of carbonyl (C=O) groups is 2. The first-order valence-corrected chi connectivity index (χ1v) is 9.41. The maximum atomic E-state index is 12.7. The van der Waals surface area contributed by atoms with Gasteiger partial charge in [0.05, 0.1) is 24.0 Å². The van der Waals surface area contributed by atoms with Crippen LogP contribution in [0.2, 0.25) is 0 Å². The van der Waals surface area contributed by atoms with Crippen molar-refractivity contribution in [2.45, 2.75) is 13.5 Å². The normalized spacial score (nSPS) is 10.6. The molecule has 0 atom stereocenters. The zero-order valence-corrected chi connectivity index (χ0v) is 17.4. The van der Waals surface area contributed by atoms with Crippen molar-refractivity contribution in [1.82, 2.24) is 19.7 Å². The second-order valence-electron chi connectivity index (χ2n) is 6.48. The van der Waals surface area contributed by atoms with Crippen LogP contribution in [0.1, 0.15) is 32.1 Å². The standard InChI is InChI=1S/C20H20BrN5O2/c1-13-16(8-9-17(23-13)20(28)25(2)3)19(27)24-18-10-11-22-26(18)12-14-4-6-15(21)7-5-14/h4-11H,12H2,1-3H3,(H,24,27). The van der Waals surface area contributed by atoms with Gasteiger partial charge in [-0.05, 0) is 36.8 Å². The predicted octanol–water partition coefficient (Wildman–Crippen LogP) is 3.35. The maximum absolute atomic E-state index is 12.7. The summed E-state index contributed by atoms with van der Waals surface area (Å²) in [6, 6.07) is 12.8. The molecule has 0 aliphatic heterocycles. The number of aromatic nitrogens is 3. The summed E-state index contributed by atoms with van der Waals surface area (Å²) in [4.78, 5) is 30.4. The number of nitrogens with zero attached hydrogens (tertiary/aromatic N) is 4. The lowest BCUT2D eigenvalue weighted by Crippen LogP contribution is -2.24. The number of nitrogens with one attached hydrogen (secondary N) is 1. The molecule has 0 radical (unpaired) electrons. The molecule has 3 aromatic rings. The number of benzene rings is 1. The van der Waals surface area contributed by atoms with Gasteiger partial charge in [-0.2, -0.15) is 5.10 Å². The summed E-state index contributed by atoms with van der Waals surface area (Å²) >= 11 is 3.42. The molecule has 0 saturated carbocycles. The highest BCUT2D eigenvalue weighted by Crippen LogP contribution is 2.16. The lowest BCUT2D eigenvalue weighted by atomic mass is 10.1. The molecule has 7 nitrogen and oxygen atoms in total. The van der Waals surface area contributed by atoms with Gasteiger partial charge in [-0.3, -0.25) is 9.59 Å². The molecule has 144 valence electrons. The SMILES string of the molecule is Cc1nc(C(=O)N(C)C)ccc1C(=O)Nc1ccnn1Cc1ccc(Br)cc1. The summed E-state index contributed by atoms with van der Waals surface area (Å²) in [5.41, 5.74) is 2.27. The molecule has 8 heteroatoms. The molecular formula is C20H20BrN5O2. The number of halogens is 1. The van der Waals surface area contributed by atoms with Crippen molar-refractivity contribution in [3.63, 3.8) is 0 Å². The Labute approximate surface area is 171 Å². The lowest BCUT2D eigenvalue weighted by molar-refractivity contribution is 0.0821. The van der Waals surface area contributed by atoms with Gasteiger partial charge in [0, 0.05) is 24.6 Å². The van der Waals surface area contributed by atoms with Crippen LogP contribution in [0.4, 0.5) is 5.82 Å². The molecule has 2 amide bonds. The van der Waals surface area contributed by atoms with Crippen LogP contribution in [0.25, 0.3) is 0 Å². The number of hydrogen-bond acceptors (Lipinski definition) is 4. The van der Waals surface area contributed by atoms with Crippen LogP contribution in [0.15, 0.2) is 53.1 Å². The van der Waals surface area contributed by atoms with Gasteiger partial charge >= 0.3 is 0 Å². The summed E-state index contributed by atoms with van der Waals surface area (Å²) in [7, 11) is 3.32. The van der Waals surface area contributed by atoms with Gasteiger partial charge in [-0.1, -0.05) is 28.1 Å². The van der Waals surface area contributed by atoms with E-state index in [1.54, 1.807) is 50.1 Å². The van der Waals surface area contributed by atoms with Gasteiger partial charge in [-0.25, -0.2) is 9.67 Å². The number of anilines is 1. The first kappa shape index (κ1) is 19.8. The predicted molar refractivity (Wildman–Crippen MR) is 110 cm³/mol. The second kappa shape index (κ2) is 8.35.